The van der Waals surface area contributed by atoms with Crippen molar-refractivity contribution in [2.75, 3.05) is 40.9 Å². The normalized spacial score (nSPS) is 10.7. The van der Waals surface area contributed by atoms with Crippen molar-refractivity contribution < 1.29 is 14.3 Å². The average molecular weight is 349 g/mol. The molecule has 1 N–H and O–H groups in total. The number of nitrogens with one attached hydrogen (secondary N) is 1. The van der Waals surface area contributed by atoms with Crippen LogP contribution in [-0.4, -0.2) is 56.7 Å². The quantitative estimate of drug-likeness (QED) is 0.793. The maximum atomic E-state index is 12.1. The van der Waals surface area contributed by atoms with Gasteiger partial charge in [0.1, 0.15) is 10.7 Å². The Kier molecular flexibility index (Phi) is 6.57. The van der Waals surface area contributed by atoms with Crippen LogP contribution < -0.4 is 14.8 Å². The van der Waals surface area contributed by atoms with Crippen LogP contribution in [0.25, 0.3) is 10.6 Å². The maximum absolute atomic E-state index is 12.1. The third-order valence-corrected chi connectivity index (χ3v) is 4.18. The zero-order chi connectivity index (χ0) is 17.5. The first-order valence-electron chi connectivity index (χ1n) is 7.74. The van der Waals surface area contributed by atoms with Gasteiger partial charge in [0.2, 0.25) is 0 Å². The lowest BCUT2D eigenvalue weighted by molar-refractivity contribution is 0.0947. The Balaban J connectivity index is 2.11. The predicted molar refractivity (Wildman–Crippen MR) is 96.2 cm³/mol. The van der Waals surface area contributed by atoms with Gasteiger partial charge in [-0.1, -0.05) is 0 Å². The molecule has 7 heteroatoms. The summed E-state index contributed by atoms with van der Waals surface area (Å²) in [6.07, 6.45) is 0. The molecular formula is C17H23N3O3S. The first-order chi connectivity index (χ1) is 11.5. The summed E-state index contributed by atoms with van der Waals surface area (Å²) < 4.78 is 10.9. The topological polar surface area (TPSA) is 63.7 Å². The van der Waals surface area contributed by atoms with E-state index in [0.717, 1.165) is 17.1 Å². The highest BCUT2D eigenvalue weighted by atomic mass is 32.1. The summed E-state index contributed by atoms with van der Waals surface area (Å²) in [5.41, 5.74) is 1.33. The van der Waals surface area contributed by atoms with Gasteiger partial charge in [0.15, 0.2) is 11.5 Å². The van der Waals surface area contributed by atoms with E-state index in [4.69, 9.17) is 9.47 Å². The van der Waals surface area contributed by atoms with Gasteiger partial charge in [0, 0.05) is 24.0 Å². The minimum atomic E-state index is -0.155. The number of ether oxygens (including phenoxy) is 2. The van der Waals surface area contributed by atoms with Crippen molar-refractivity contribution in [1.82, 2.24) is 15.2 Å². The molecule has 0 radical (unpaired) electrons. The molecule has 0 saturated heterocycles. The first-order valence-corrected chi connectivity index (χ1v) is 8.62. The predicted octanol–water partition coefficient (Wildman–Crippen LogP) is 2.51. The van der Waals surface area contributed by atoms with E-state index < -0.39 is 0 Å². The molecule has 2 aromatic rings. The van der Waals surface area contributed by atoms with Crippen LogP contribution in [0.4, 0.5) is 0 Å². The fourth-order valence-electron chi connectivity index (χ4n) is 2.07. The fourth-order valence-corrected chi connectivity index (χ4v) is 2.87. The van der Waals surface area contributed by atoms with Crippen LogP contribution in [-0.2, 0) is 0 Å². The van der Waals surface area contributed by atoms with Crippen LogP contribution >= 0.6 is 11.3 Å². The van der Waals surface area contributed by atoms with Crippen molar-refractivity contribution >= 4 is 17.2 Å². The Morgan fingerprint density at radius 3 is 2.79 bits per heavy atom. The highest BCUT2D eigenvalue weighted by Crippen LogP contribution is 2.33. The van der Waals surface area contributed by atoms with Crippen molar-refractivity contribution in [1.29, 1.82) is 0 Å². The molecule has 0 aliphatic carbocycles. The van der Waals surface area contributed by atoms with Crippen molar-refractivity contribution in [2.24, 2.45) is 0 Å². The van der Waals surface area contributed by atoms with Crippen molar-refractivity contribution in [2.45, 2.75) is 6.92 Å². The Morgan fingerprint density at radius 2 is 2.12 bits per heavy atom. The molecule has 0 unspecified atom stereocenters. The Bertz CT molecular complexity index is 685. The zero-order valence-electron chi connectivity index (χ0n) is 14.5. The van der Waals surface area contributed by atoms with E-state index in [1.54, 1.807) is 12.5 Å². The highest BCUT2D eigenvalue weighted by Gasteiger charge is 2.13. The van der Waals surface area contributed by atoms with Crippen LogP contribution in [0.5, 0.6) is 11.5 Å². The van der Waals surface area contributed by atoms with Gasteiger partial charge in [0.25, 0.3) is 5.91 Å². The van der Waals surface area contributed by atoms with Crippen LogP contribution in [0.3, 0.4) is 0 Å². The lowest BCUT2D eigenvalue weighted by atomic mass is 10.2. The molecule has 24 heavy (non-hydrogen) atoms. The molecule has 0 atom stereocenters. The van der Waals surface area contributed by atoms with Gasteiger partial charge in [-0.2, -0.15) is 0 Å². The van der Waals surface area contributed by atoms with Crippen molar-refractivity contribution in [3.05, 3.63) is 29.3 Å². The molecule has 1 aromatic carbocycles. The number of amides is 1. The molecule has 1 heterocycles. The van der Waals surface area contributed by atoms with Gasteiger partial charge in [0.05, 0.1) is 13.7 Å². The molecule has 1 aromatic heterocycles. The first kappa shape index (κ1) is 18.2. The standard InChI is InChI=1S/C17H23N3O3S/c1-5-23-14-7-6-12(10-15(14)22-4)17-19-13(11-24-17)16(21)18-8-9-20(2)3/h6-7,10-11H,5,8-9H2,1-4H3,(H,18,21). The van der Waals surface area contributed by atoms with E-state index in [1.807, 2.05) is 44.1 Å². The Hall–Kier alpha value is -2.12. The number of aromatic nitrogens is 1. The number of likely N-dealkylation sites (N-methyl/N-ethyl adjacent to an activating group) is 1. The lowest BCUT2D eigenvalue weighted by Crippen LogP contribution is -2.31. The molecule has 0 aliphatic rings. The molecule has 0 spiro atoms. The summed E-state index contributed by atoms with van der Waals surface area (Å²) in [5, 5.41) is 5.40. The molecule has 0 bridgehead atoms. The average Bonchev–Trinajstić information content (AvgIpc) is 3.05. The van der Waals surface area contributed by atoms with E-state index in [2.05, 4.69) is 10.3 Å². The third-order valence-electron chi connectivity index (χ3n) is 3.29. The van der Waals surface area contributed by atoms with Crippen molar-refractivity contribution in [3.63, 3.8) is 0 Å². The number of nitrogens with zero attached hydrogens (tertiary/aromatic N) is 2. The van der Waals surface area contributed by atoms with Crippen LogP contribution in [0.2, 0.25) is 0 Å². The minimum Gasteiger partial charge on any atom is -0.493 e. The summed E-state index contributed by atoms with van der Waals surface area (Å²) in [6, 6.07) is 5.65. The number of rotatable bonds is 8. The monoisotopic (exact) mass is 349 g/mol. The lowest BCUT2D eigenvalue weighted by Gasteiger charge is -2.10. The van der Waals surface area contributed by atoms with Gasteiger partial charge in [-0.05, 0) is 39.2 Å². The summed E-state index contributed by atoms with van der Waals surface area (Å²) in [6.45, 7) is 3.88. The molecule has 0 aliphatic heterocycles. The van der Waals surface area contributed by atoms with Crippen molar-refractivity contribution in [3.8, 4) is 22.1 Å². The smallest absolute Gasteiger partial charge is 0.270 e. The molecule has 6 nitrogen and oxygen atoms in total. The number of methoxy groups -OCH3 is 1. The molecule has 130 valence electrons. The number of carbonyl (C=O) groups is 1. The summed E-state index contributed by atoms with van der Waals surface area (Å²) in [7, 11) is 5.53. The van der Waals surface area contributed by atoms with E-state index in [-0.39, 0.29) is 5.91 Å². The van der Waals surface area contributed by atoms with Gasteiger partial charge < -0.3 is 19.7 Å². The fraction of sp³-hybridized carbons (Fsp3) is 0.412. The van der Waals surface area contributed by atoms with Crippen LogP contribution in [0.15, 0.2) is 23.6 Å². The van der Waals surface area contributed by atoms with E-state index >= 15 is 0 Å². The summed E-state index contributed by atoms with van der Waals surface area (Å²) in [5.74, 6) is 1.20. The Labute approximate surface area is 146 Å². The highest BCUT2D eigenvalue weighted by molar-refractivity contribution is 7.13. The number of hydrogen-bond acceptors (Lipinski definition) is 6. The summed E-state index contributed by atoms with van der Waals surface area (Å²) >= 11 is 1.43. The van der Waals surface area contributed by atoms with Gasteiger partial charge in [-0.15, -0.1) is 11.3 Å². The van der Waals surface area contributed by atoms with Gasteiger partial charge >= 0.3 is 0 Å². The minimum absolute atomic E-state index is 0.155. The number of carbonyl (C=O) groups excluding carboxylic acids is 1. The second kappa shape index (κ2) is 8.65. The second-order valence-corrected chi connectivity index (χ2v) is 6.25. The zero-order valence-corrected chi connectivity index (χ0v) is 15.3. The van der Waals surface area contributed by atoms with Gasteiger partial charge in [-0.25, -0.2) is 4.98 Å². The molecule has 2 rings (SSSR count). The van der Waals surface area contributed by atoms with E-state index in [1.165, 1.54) is 11.3 Å². The summed E-state index contributed by atoms with van der Waals surface area (Å²) in [4.78, 5) is 18.5. The number of benzene rings is 1. The second-order valence-electron chi connectivity index (χ2n) is 5.40. The largest absolute Gasteiger partial charge is 0.493 e. The van der Waals surface area contributed by atoms with E-state index in [9.17, 15) is 4.79 Å². The van der Waals surface area contributed by atoms with Crippen LogP contribution in [0, 0.1) is 0 Å². The van der Waals surface area contributed by atoms with Gasteiger partial charge in [-0.3, -0.25) is 4.79 Å². The third kappa shape index (κ3) is 4.69. The number of thiazole rings is 1. The van der Waals surface area contributed by atoms with E-state index in [0.29, 0.717) is 30.3 Å². The Morgan fingerprint density at radius 1 is 1.33 bits per heavy atom. The molecular weight excluding hydrogens is 326 g/mol. The SMILES string of the molecule is CCOc1ccc(-c2nc(C(=O)NCCN(C)C)cs2)cc1OC. The molecule has 0 fully saturated rings. The molecule has 0 saturated carbocycles. The maximum Gasteiger partial charge on any atom is 0.270 e. The molecule has 1 amide bonds. The van der Waals surface area contributed by atoms with Crippen LogP contribution in [0.1, 0.15) is 17.4 Å². The number of hydrogen-bond donors (Lipinski definition) is 1.